The molecule has 2 aliphatic rings. The molecule has 2 heterocycles. The van der Waals surface area contributed by atoms with Crippen molar-refractivity contribution in [2.75, 3.05) is 13.6 Å². The van der Waals surface area contributed by atoms with Crippen LogP contribution in [-0.4, -0.2) is 46.9 Å². The molecule has 2 aromatic rings. The number of alkyl halides is 6. The fraction of sp³-hybridized carbons (Fsp3) is 0.517. The Kier molecular flexibility index (Phi) is 8.12. The summed E-state index contributed by atoms with van der Waals surface area (Å²) in [6, 6.07) is 4.69. The Balaban J connectivity index is 1.68. The van der Waals surface area contributed by atoms with Gasteiger partial charge in [-0.05, 0) is 81.3 Å². The molecule has 6 nitrogen and oxygen atoms in total. The maximum atomic E-state index is 13.9. The van der Waals surface area contributed by atoms with Crippen LogP contribution in [-0.2, 0) is 17.1 Å². The number of carbonyl (C=O) groups excluding carboxylic acids is 2. The summed E-state index contributed by atoms with van der Waals surface area (Å²) in [6.07, 6.45) is -7.77. The van der Waals surface area contributed by atoms with Crippen LogP contribution < -0.4 is 11.1 Å². The molecule has 12 heteroatoms. The van der Waals surface area contributed by atoms with Gasteiger partial charge in [-0.2, -0.15) is 26.3 Å². The number of hydrogen-bond acceptors (Lipinski definition) is 3. The molecule has 4 rings (SSSR count). The lowest BCUT2D eigenvalue weighted by Crippen LogP contribution is -2.57. The van der Waals surface area contributed by atoms with E-state index in [9.17, 15) is 35.9 Å². The summed E-state index contributed by atoms with van der Waals surface area (Å²) in [7, 11) is 1.38. The molecule has 2 aromatic carbocycles. The van der Waals surface area contributed by atoms with Crippen molar-refractivity contribution in [3.63, 3.8) is 0 Å². The Morgan fingerprint density at radius 2 is 1.63 bits per heavy atom. The molecule has 3 amide bonds. The highest BCUT2D eigenvalue weighted by Gasteiger charge is 2.48. The number of nitrogens with two attached hydrogens (primary N) is 1. The van der Waals surface area contributed by atoms with Crippen LogP contribution in [0.15, 0.2) is 36.4 Å². The first-order chi connectivity index (χ1) is 18.9. The largest absolute Gasteiger partial charge is 0.416 e. The zero-order chi connectivity index (χ0) is 30.5. The van der Waals surface area contributed by atoms with Crippen molar-refractivity contribution >= 4 is 11.9 Å². The lowest BCUT2D eigenvalue weighted by Gasteiger charge is -2.47. The molecule has 0 aliphatic carbocycles. The molecule has 3 N–H and O–H groups in total. The van der Waals surface area contributed by atoms with Gasteiger partial charge in [0.05, 0.1) is 29.3 Å². The zero-order valence-electron chi connectivity index (χ0n) is 23.3. The molecule has 1 spiro atoms. The smallest absolute Gasteiger partial charge is 0.368 e. The maximum absolute atomic E-state index is 13.9. The van der Waals surface area contributed by atoms with Crippen molar-refractivity contribution in [3.8, 4) is 0 Å². The lowest BCUT2D eigenvalue weighted by atomic mass is 9.79. The predicted octanol–water partition coefficient (Wildman–Crippen LogP) is 6.27. The number of amides is 3. The van der Waals surface area contributed by atoms with Gasteiger partial charge in [0, 0.05) is 19.1 Å². The van der Waals surface area contributed by atoms with Crippen LogP contribution in [0, 0.1) is 13.8 Å². The number of rotatable bonds is 4. The Morgan fingerprint density at radius 1 is 1.02 bits per heavy atom. The molecule has 0 bridgehead atoms. The van der Waals surface area contributed by atoms with Gasteiger partial charge in [0.15, 0.2) is 0 Å². The third kappa shape index (κ3) is 6.32. The Morgan fingerprint density at radius 3 is 2.15 bits per heavy atom. The summed E-state index contributed by atoms with van der Waals surface area (Å²) in [5, 5.41) is 3.38. The second kappa shape index (κ2) is 10.8. The minimum absolute atomic E-state index is 0.0757. The number of primary amides is 1. The molecule has 2 fully saturated rings. The van der Waals surface area contributed by atoms with Crippen LogP contribution in [0.4, 0.5) is 31.1 Å². The van der Waals surface area contributed by atoms with Gasteiger partial charge in [0.1, 0.15) is 0 Å². The Bertz CT molecular complexity index is 1300. The third-order valence-corrected chi connectivity index (χ3v) is 8.53. The molecule has 224 valence electrons. The monoisotopic (exact) mass is 584 g/mol. The van der Waals surface area contributed by atoms with Crippen LogP contribution in [0.5, 0.6) is 0 Å². The summed E-state index contributed by atoms with van der Waals surface area (Å²) in [5.41, 5.74) is 4.81. The third-order valence-electron chi connectivity index (χ3n) is 8.53. The fourth-order valence-corrected chi connectivity index (χ4v) is 6.10. The van der Waals surface area contributed by atoms with Gasteiger partial charge in [-0.3, -0.25) is 4.79 Å². The first-order valence-electron chi connectivity index (χ1n) is 13.4. The number of likely N-dealkylation sites (tertiary alicyclic amines) is 1. The van der Waals surface area contributed by atoms with E-state index in [1.54, 1.807) is 4.90 Å². The molecule has 0 radical (unpaired) electrons. The van der Waals surface area contributed by atoms with Crippen LogP contribution in [0.2, 0.25) is 0 Å². The normalized spacial score (nSPS) is 24.0. The van der Waals surface area contributed by atoms with E-state index in [0.29, 0.717) is 37.8 Å². The number of halogens is 6. The van der Waals surface area contributed by atoms with Crippen molar-refractivity contribution in [1.82, 2.24) is 15.1 Å². The van der Waals surface area contributed by atoms with Gasteiger partial charge >= 0.3 is 18.4 Å². The van der Waals surface area contributed by atoms with Gasteiger partial charge in [-0.15, -0.1) is 0 Å². The Labute approximate surface area is 234 Å². The second-order valence-electron chi connectivity index (χ2n) is 11.4. The number of hydrogen-bond donors (Lipinski definition) is 2. The van der Waals surface area contributed by atoms with E-state index in [1.807, 2.05) is 32.0 Å². The van der Waals surface area contributed by atoms with Crippen molar-refractivity contribution < 1.29 is 35.9 Å². The van der Waals surface area contributed by atoms with Gasteiger partial charge in [0.25, 0.3) is 0 Å². The Hall–Kier alpha value is -3.28. The summed E-state index contributed by atoms with van der Waals surface area (Å²) >= 11 is 0. The molecule has 4 atom stereocenters. The molecule has 0 unspecified atom stereocenters. The predicted molar refractivity (Wildman–Crippen MR) is 141 cm³/mol. The summed E-state index contributed by atoms with van der Waals surface area (Å²) in [6.45, 7) is 5.54. The molecule has 0 saturated carbocycles. The average Bonchev–Trinajstić information content (AvgIpc) is 3.29. The van der Waals surface area contributed by atoms with Crippen LogP contribution in [0.1, 0.15) is 78.1 Å². The van der Waals surface area contributed by atoms with E-state index in [-0.39, 0.29) is 18.2 Å². The number of aryl methyl sites for hydroxylation is 2. The van der Waals surface area contributed by atoms with E-state index < -0.39 is 59.1 Å². The average molecular weight is 585 g/mol. The molecular weight excluding hydrogens is 550 g/mol. The molecule has 2 aliphatic heterocycles. The van der Waals surface area contributed by atoms with E-state index in [1.165, 1.54) is 18.9 Å². The molecule has 2 saturated heterocycles. The van der Waals surface area contributed by atoms with Crippen LogP contribution in [0.3, 0.4) is 0 Å². The SMILES string of the molecule is Cc1ccc([C@H]2C[C@]3(CC[C@@H](C(N)=O)N3)CCN2C(=O)N(C)[C@H](C)c2cc(C(F)(F)F)cc(C(F)(F)F)c2)c(C)c1. The first-order valence-corrected chi connectivity index (χ1v) is 13.4. The topological polar surface area (TPSA) is 78.7 Å². The minimum atomic E-state index is -5.00. The van der Waals surface area contributed by atoms with E-state index in [0.717, 1.165) is 16.7 Å². The van der Waals surface area contributed by atoms with Crippen molar-refractivity contribution in [2.45, 2.75) is 82.5 Å². The quantitative estimate of drug-likeness (QED) is 0.416. The highest BCUT2D eigenvalue weighted by Crippen LogP contribution is 2.44. The van der Waals surface area contributed by atoms with Gasteiger partial charge in [-0.1, -0.05) is 23.8 Å². The van der Waals surface area contributed by atoms with Crippen molar-refractivity contribution in [3.05, 3.63) is 69.8 Å². The van der Waals surface area contributed by atoms with Crippen LogP contribution >= 0.6 is 0 Å². The van der Waals surface area contributed by atoms with Gasteiger partial charge in [0.2, 0.25) is 5.91 Å². The van der Waals surface area contributed by atoms with Crippen LogP contribution in [0.25, 0.3) is 0 Å². The molecule has 0 aromatic heterocycles. The van der Waals surface area contributed by atoms with Gasteiger partial charge < -0.3 is 20.9 Å². The number of nitrogens with zero attached hydrogens (tertiary/aromatic N) is 2. The zero-order valence-corrected chi connectivity index (χ0v) is 23.3. The second-order valence-corrected chi connectivity index (χ2v) is 11.4. The lowest BCUT2D eigenvalue weighted by molar-refractivity contribution is -0.143. The summed E-state index contributed by atoms with van der Waals surface area (Å²) in [4.78, 5) is 28.6. The van der Waals surface area contributed by atoms with E-state index in [4.69, 9.17) is 5.73 Å². The summed E-state index contributed by atoms with van der Waals surface area (Å²) in [5.74, 6) is -0.448. The van der Waals surface area contributed by atoms with E-state index in [2.05, 4.69) is 5.32 Å². The maximum Gasteiger partial charge on any atom is 0.416 e. The van der Waals surface area contributed by atoms with Crippen molar-refractivity contribution in [1.29, 1.82) is 0 Å². The highest BCUT2D eigenvalue weighted by atomic mass is 19.4. The number of nitrogens with one attached hydrogen (secondary N) is 1. The fourth-order valence-electron chi connectivity index (χ4n) is 6.10. The van der Waals surface area contributed by atoms with E-state index >= 15 is 0 Å². The van der Waals surface area contributed by atoms with Crippen molar-refractivity contribution in [2.24, 2.45) is 5.73 Å². The standard InChI is InChI=1S/C29H34F6N4O2/c1-16-5-6-22(17(2)11-16)24-15-27(8-7-23(37-27)25(36)40)9-10-39(24)26(41)38(4)18(3)19-12-20(28(30,31)32)14-21(13-19)29(33,34)35/h5-6,11-14,18,23-24,37H,7-10,15H2,1-4H3,(H2,36,40)/t18-,23+,24-,27+/m1/s1. The summed E-state index contributed by atoms with van der Waals surface area (Å²) < 4.78 is 80.9. The number of urea groups is 1. The first kappa shape index (κ1) is 30.7. The highest BCUT2D eigenvalue weighted by molar-refractivity contribution is 5.80. The number of benzene rings is 2. The molecule has 41 heavy (non-hydrogen) atoms. The number of piperidine rings is 1. The minimum Gasteiger partial charge on any atom is -0.368 e. The molecular formula is C29H34F6N4O2. The number of carbonyl (C=O) groups is 2. The van der Waals surface area contributed by atoms with Gasteiger partial charge in [-0.25, -0.2) is 4.79 Å².